The van der Waals surface area contributed by atoms with Crippen LogP contribution in [0.4, 0.5) is 0 Å². The molecule has 4 atom stereocenters. The van der Waals surface area contributed by atoms with Gasteiger partial charge in [-0.3, -0.25) is 4.79 Å². The first kappa shape index (κ1) is 38.4. The Morgan fingerprint density at radius 1 is 0.825 bits per heavy atom. The van der Waals surface area contributed by atoms with Crippen LogP contribution in [0.5, 0.6) is 0 Å². The van der Waals surface area contributed by atoms with Crippen molar-refractivity contribution in [2.24, 2.45) is 0 Å². The van der Waals surface area contributed by atoms with E-state index in [4.69, 9.17) is 43.7 Å². The van der Waals surface area contributed by atoms with Crippen molar-refractivity contribution in [2.75, 3.05) is 99.1 Å². The molecule has 0 amide bonds. The Morgan fingerprint density at radius 2 is 1.23 bits per heavy atom. The van der Waals surface area contributed by atoms with Crippen molar-refractivity contribution in [2.45, 2.75) is 34.7 Å². The molecule has 0 saturated heterocycles. The molecule has 4 unspecified atom stereocenters. The fourth-order valence-corrected chi connectivity index (χ4v) is 10.5. The van der Waals surface area contributed by atoms with Gasteiger partial charge in [-0.1, -0.05) is 50.7 Å². The van der Waals surface area contributed by atoms with Crippen molar-refractivity contribution in [1.82, 2.24) is 0 Å². The highest BCUT2D eigenvalue weighted by Gasteiger charge is 2.32. The van der Waals surface area contributed by atoms with Crippen LogP contribution in [-0.2, 0) is 38.0 Å². The Hall–Kier alpha value is 0.370. The summed E-state index contributed by atoms with van der Waals surface area (Å²) in [6, 6.07) is 0. The van der Waals surface area contributed by atoms with Crippen molar-refractivity contribution in [3.05, 3.63) is 0 Å². The van der Waals surface area contributed by atoms with E-state index in [0.717, 1.165) is 0 Å². The van der Waals surface area contributed by atoms with Crippen LogP contribution < -0.4 is 0 Å². The molecule has 1 heterocycles. The molecule has 15 heteroatoms. The molecule has 1 aliphatic heterocycles. The number of ether oxygens (including phenoxy) is 7. The molecule has 4 N–H and O–H groups in total. The average molecular weight is 821 g/mol. The molecule has 236 valence electrons. The molecule has 0 saturated carbocycles. The molecule has 0 fully saturated rings. The van der Waals surface area contributed by atoms with E-state index in [2.05, 4.69) is 31.9 Å². The molecule has 1 rings (SSSR count). The maximum absolute atomic E-state index is 12.4. The number of carbonyl (C=O) groups is 1. The second-order valence-electron chi connectivity index (χ2n) is 8.30. The molecule has 0 aromatic heterocycles. The van der Waals surface area contributed by atoms with Crippen molar-refractivity contribution < 1.29 is 53.3 Å². The standard InChI is InChI=1S/C25H44Br2INO11/c26-23-22(32)19-28(25(33)24(23)27)3-1-21(31)20(29)2-5-34-7-9-36-11-13-38-15-17-40-18-16-39-14-12-37-10-8-35-6-4-30/h3,19,21-24,29-32H,1-2,4-18H2. The van der Waals surface area contributed by atoms with Gasteiger partial charge in [-0.05, 0) is 8.02 Å². The fraction of sp³-hybridized carbons (Fsp3) is 0.840. The third-order valence-corrected chi connectivity index (χ3v) is 13.7. The lowest BCUT2D eigenvalue weighted by molar-refractivity contribution is -0.109. The summed E-state index contributed by atoms with van der Waals surface area (Å²) < 4.78 is 41.1. The van der Waals surface area contributed by atoms with Gasteiger partial charge in [0.25, 0.3) is 0 Å². The Balaban J connectivity index is 1.88. The van der Waals surface area contributed by atoms with E-state index < -0.39 is 35.9 Å². The molecular weight excluding hydrogens is 777 g/mol. The Morgan fingerprint density at radius 3 is 1.65 bits per heavy atom. The lowest BCUT2D eigenvalue weighted by atomic mass is 10.1. The maximum atomic E-state index is 12.4. The molecule has 12 nitrogen and oxygen atoms in total. The molecule has 0 radical (unpaired) electrons. The lowest BCUT2D eigenvalue weighted by Crippen LogP contribution is -2.37. The SMILES string of the molecule is N=C(CCOCCOCCOCCOCCOCCOCCOCCO)C(O)CC=I1=CC(O)C(Br)C(Br)C1=O. The van der Waals surface area contributed by atoms with E-state index in [1.807, 2.05) is 0 Å². The first-order chi connectivity index (χ1) is 19.4. The second-order valence-corrected chi connectivity index (χ2v) is 15.0. The minimum Gasteiger partial charge on any atom is -0.394 e. The quantitative estimate of drug-likeness (QED) is 0.0321. The third-order valence-electron chi connectivity index (χ3n) is 5.17. The first-order valence-corrected chi connectivity index (χ1v) is 18.5. The predicted molar refractivity (Wildman–Crippen MR) is 168 cm³/mol. The summed E-state index contributed by atoms with van der Waals surface area (Å²) in [6.07, 6.45) is -1.17. The number of carbonyl (C=O) groups excluding carboxylic acids is 1. The molecule has 0 spiro atoms. The summed E-state index contributed by atoms with van der Waals surface area (Å²) in [7, 11) is 0. The first-order valence-electron chi connectivity index (χ1n) is 13.1. The van der Waals surface area contributed by atoms with Crippen LogP contribution in [0.25, 0.3) is 0 Å². The summed E-state index contributed by atoms with van der Waals surface area (Å²) in [5.74, 6) is 0. The zero-order valence-corrected chi connectivity index (χ0v) is 28.1. The summed E-state index contributed by atoms with van der Waals surface area (Å²) in [4.78, 5) is 11.6. The van der Waals surface area contributed by atoms with Crippen LogP contribution in [0.15, 0.2) is 0 Å². The molecule has 0 aliphatic carbocycles. The highest BCUT2D eigenvalue weighted by Crippen LogP contribution is 2.32. The van der Waals surface area contributed by atoms with Crippen LogP contribution in [-0.4, -0.2) is 154 Å². The highest BCUT2D eigenvalue weighted by atomic mass is 127. The summed E-state index contributed by atoms with van der Waals surface area (Å²) in [6.45, 7) is 6.06. The Kier molecular flexibility index (Phi) is 24.8. The van der Waals surface area contributed by atoms with Crippen LogP contribution >= 0.6 is 50.7 Å². The summed E-state index contributed by atoms with van der Waals surface area (Å²) >= 11 is 4.34. The van der Waals surface area contributed by atoms with Gasteiger partial charge in [0, 0.05) is 18.6 Å². The van der Waals surface area contributed by atoms with Crippen molar-refractivity contribution in [3.63, 3.8) is 0 Å². The van der Waals surface area contributed by atoms with Gasteiger partial charge in [-0.15, -0.1) is 0 Å². The molecule has 0 aromatic rings. The number of aliphatic hydroxyl groups is 3. The number of rotatable bonds is 26. The van der Waals surface area contributed by atoms with Gasteiger partial charge in [-0.25, -0.2) is 0 Å². The smallest absolute Gasteiger partial charge is 0.196 e. The van der Waals surface area contributed by atoms with Gasteiger partial charge < -0.3 is 53.9 Å². The van der Waals surface area contributed by atoms with Gasteiger partial charge >= 0.3 is 0 Å². The van der Waals surface area contributed by atoms with Gasteiger partial charge in [0.05, 0.1) is 121 Å². The monoisotopic (exact) mass is 819 g/mol. The molecule has 40 heavy (non-hydrogen) atoms. The van der Waals surface area contributed by atoms with Crippen LogP contribution in [0.1, 0.15) is 12.8 Å². The van der Waals surface area contributed by atoms with Gasteiger partial charge in [0.2, 0.25) is 0 Å². The Bertz CT molecular complexity index is 771. The average Bonchev–Trinajstić information content (AvgIpc) is 2.95. The van der Waals surface area contributed by atoms with E-state index >= 15 is 0 Å². The maximum Gasteiger partial charge on any atom is 0.196 e. The number of aliphatic hydroxyl groups excluding tert-OH is 3. The zero-order chi connectivity index (χ0) is 29.4. The minimum atomic E-state index is -2.29. The third kappa shape index (κ3) is 18.8. The number of hydrogen-bond acceptors (Lipinski definition) is 12. The predicted octanol–water partition coefficient (Wildman–Crippen LogP) is 0.795. The van der Waals surface area contributed by atoms with Crippen molar-refractivity contribution in [3.8, 4) is 0 Å². The number of alkyl halides is 2. The number of halogens is 3. The molecular formula is C25H44Br2INO11. The topological polar surface area (TPSA) is 166 Å². The van der Waals surface area contributed by atoms with Crippen LogP contribution in [0, 0.1) is 5.41 Å². The molecule has 1 aliphatic rings. The molecule has 0 bridgehead atoms. The van der Waals surface area contributed by atoms with E-state index in [0.29, 0.717) is 92.5 Å². The van der Waals surface area contributed by atoms with Gasteiger partial charge in [0.15, 0.2) is 3.79 Å². The van der Waals surface area contributed by atoms with Gasteiger partial charge in [-0.2, -0.15) is 0 Å². The van der Waals surface area contributed by atoms with E-state index in [1.165, 1.54) is 0 Å². The van der Waals surface area contributed by atoms with Crippen LogP contribution in [0.3, 0.4) is 0 Å². The van der Waals surface area contributed by atoms with E-state index in [1.54, 1.807) is 8.02 Å². The fourth-order valence-electron chi connectivity index (χ4n) is 2.97. The largest absolute Gasteiger partial charge is 0.394 e. The van der Waals surface area contributed by atoms with Crippen molar-refractivity contribution >= 4 is 68.3 Å². The van der Waals surface area contributed by atoms with Crippen molar-refractivity contribution in [1.29, 1.82) is 5.41 Å². The zero-order valence-electron chi connectivity index (χ0n) is 22.7. The lowest BCUT2D eigenvalue weighted by Gasteiger charge is -2.23. The Labute approximate surface area is 259 Å². The summed E-state index contributed by atoms with van der Waals surface area (Å²) in [5, 5.41) is 36.8. The normalized spacial score (nSPS) is 22.0. The van der Waals surface area contributed by atoms with E-state index in [-0.39, 0.29) is 33.8 Å². The van der Waals surface area contributed by atoms with Gasteiger partial charge in [0.1, 0.15) is 0 Å². The summed E-state index contributed by atoms with van der Waals surface area (Å²) in [5.41, 5.74) is 0.153. The number of hydrogen-bond donors (Lipinski definition) is 4. The van der Waals surface area contributed by atoms with Crippen LogP contribution in [0.2, 0.25) is 0 Å². The van der Waals surface area contributed by atoms with E-state index in [9.17, 15) is 15.0 Å². The minimum absolute atomic E-state index is 0.0135. The second kappa shape index (κ2) is 25.8. The highest BCUT2D eigenvalue weighted by molar-refractivity contribution is 14.2. The molecule has 0 aromatic carbocycles. The number of nitrogens with one attached hydrogen (secondary N) is 1.